The Morgan fingerprint density at radius 1 is 1.41 bits per heavy atom. The molecule has 1 unspecified atom stereocenters. The van der Waals surface area contributed by atoms with Crippen molar-refractivity contribution in [2.24, 2.45) is 0 Å². The summed E-state index contributed by atoms with van der Waals surface area (Å²) < 4.78 is 14.9. The number of benzene rings is 1. The average molecular weight is 302 g/mol. The fourth-order valence-electron chi connectivity index (χ4n) is 2.82. The van der Waals surface area contributed by atoms with Gasteiger partial charge in [-0.15, -0.1) is 5.10 Å². The molecule has 1 N–H and O–H groups in total. The SMILES string of the molecule is CC(c1cccc(F)c1)n1cc(C(=O)NC2CCCC2)nn1. The Morgan fingerprint density at radius 2 is 2.18 bits per heavy atom. The largest absolute Gasteiger partial charge is 0.348 e. The van der Waals surface area contributed by atoms with E-state index in [-0.39, 0.29) is 23.8 Å². The number of hydrogen-bond acceptors (Lipinski definition) is 3. The van der Waals surface area contributed by atoms with E-state index in [0.29, 0.717) is 5.69 Å². The number of aromatic nitrogens is 3. The molecule has 1 aliphatic carbocycles. The number of rotatable bonds is 4. The predicted molar refractivity (Wildman–Crippen MR) is 80.0 cm³/mol. The molecule has 2 aromatic rings. The molecule has 0 spiro atoms. The molecule has 22 heavy (non-hydrogen) atoms. The number of halogens is 1. The number of hydrogen-bond donors (Lipinski definition) is 1. The first-order valence-corrected chi connectivity index (χ1v) is 7.61. The van der Waals surface area contributed by atoms with Crippen molar-refractivity contribution in [1.82, 2.24) is 20.3 Å². The molecule has 3 rings (SSSR count). The fourth-order valence-corrected chi connectivity index (χ4v) is 2.82. The third kappa shape index (κ3) is 3.16. The molecule has 0 bridgehead atoms. The van der Waals surface area contributed by atoms with Crippen LogP contribution >= 0.6 is 0 Å². The Balaban J connectivity index is 1.71. The summed E-state index contributed by atoms with van der Waals surface area (Å²) >= 11 is 0. The highest BCUT2D eigenvalue weighted by molar-refractivity contribution is 5.92. The Kier molecular flexibility index (Phi) is 4.18. The Bertz CT molecular complexity index is 664. The number of amides is 1. The van der Waals surface area contributed by atoms with Gasteiger partial charge in [0.05, 0.1) is 12.2 Å². The molecule has 1 heterocycles. The summed E-state index contributed by atoms with van der Waals surface area (Å²) in [5.74, 6) is -0.478. The summed E-state index contributed by atoms with van der Waals surface area (Å²) in [6.07, 6.45) is 5.99. The highest BCUT2D eigenvalue weighted by atomic mass is 19.1. The van der Waals surface area contributed by atoms with Gasteiger partial charge in [0.1, 0.15) is 5.82 Å². The van der Waals surface area contributed by atoms with Crippen LogP contribution in [-0.2, 0) is 0 Å². The lowest BCUT2D eigenvalue weighted by Gasteiger charge is -2.11. The predicted octanol–water partition coefficient (Wildman–Crippen LogP) is 2.70. The first kappa shape index (κ1) is 14.7. The number of carbonyl (C=O) groups is 1. The van der Waals surface area contributed by atoms with E-state index in [0.717, 1.165) is 31.2 Å². The molecule has 1 atom stereocenters. The molecule has 0 radical (unpaired) electrons. The van der Waals surface area contributed by atoms with Crippen LogP contribution in [0.25, 0.3) is 0 Å². The molecule has 1 amide bonds. The second-order valence-corrected chi connectivity index (χ2v) is 5.77. The quantitative estimate of drug-likeness (QED) is 0.944. The van der Waals surface area contributed by atoms with E-state index < -0.39 is 0 Å². The Labute approximate surface area is 128 Å². The van der Waals surface area contributed by atoms with Crippen LogP contribution in [-0.4, -0.2) is 26.9 Å². The van der Waals surface area contributed by atoms with E-state index in [1.165, 1.54) is 12.1 Å². The molecule has 6 heteroatoms. The van der Waals surface area contributed by atoms with Gasteiger partial charge in [0.15, 0.2) is 5.69 Å². The maximum Gasteiger partial charge on any atom is 0.273 e. The van der Waals surface area contributed by atoms with Gasteiger partial charge < -0.3 is 5.32 Å². The van der Waals surface area contributed by atoms with Crippen LogP contribution in [0.4, 0.5) is 4.39 Å². The third-order valence-corrected chi connectivity index (χ3v) is 4.16. The number of carbonyl (C=O) groups excluding carboxylic acids is 1. The standard InChI is InChI=1S/C16H19FN4O/c1-11(12-5-4-6-13(17)9-12)21-10-15(19-20-21)16(22)18-14-7-2-3-8-14/h4-6,9-11,14H,2-3,7-8H2,1H3,(H,18,22). The van der Waals surface area contributed by atoms with E-state index in [1.54, 1.807) is 16.9 Å². The van der Waals surface area contributed by atoms with E-state index >= 15 is 0 Å². The Morgan fingerprint density at radius 3 is 2.91 bits per heavy atom. The number of nitrogens with one attached hydrogen (secondary N) is 1. The lowest BCUT2D eigenvalue weighted by atomic mass is 10.1. The summed E-state index contributed by atoms with van der Waals surface area (Å²) in [5, 5.41) is 10.9. The van der Waals surface area contributed by atoms with E-state index in [1.807, 2.05) is 13.0 Å². The Hall–Kier alpha value is -2.24. The summed E-state index contributed by atoms with van der Waals surface area (Å²) in [7, 11) is 0. The van der Waals surface area contributed by atoms with Crippen molar-refractivity contribution in [3.05, 3.63) is 47.5 Å². The van der Waals surface area contributed by atoms with Crippen molar-refractivity contribution in [3.8, 4) is 0 Å². The maximum absolute atomic E-state index is 13.3. The van der Waals surface area contributed by atoms with Crippen LogP contribution in [0, 0.1) is 5.82 Å². The van der Waals surface area contributed by atoms with Gasteiger partial charge in [0.2, 0.25) is 0 Å². The zero-order valence-electron chi connectivity index (χ0n) is 12.5. The van der Waals surface area contributed by atoms with Crippen LogP contribution in [0.3, 0.4) is 0 Å². The molecule has 1 saturated carbocycles. The zero-order valence-corrected chi connectivity index (χ0v) is 12.5. The topological polar surface area (TPSA) is 59.8 Å². The normalized spacial score (nSPS) is 16.6. The second kappa shape index (κ2) is 6.25. The van der Waals surface area contributed by atoms with Gasteiger partial charge in [-0.3, -0.25) is 4.79 Å². The van der Waals surface area contributed by atoms with Gasteiger partial charge in [-0.05, 0) is 37.5 Å². The third-order valence-electron chi connectivity index (χ3n) is 4.16. The van der Waals surface area contributed by atoms with Crippen LogP contribution < -0.4 is 5.32 Å². The first-order valence-electron chi connectivity index (χ1n) is 7.61. The van der Waals surface area contributed by atoms with Crippen LogP contribution in [0.15, 0.2) is 30.5 Å². The van der Waals surface area contributed by atoms with Crippen LogP contribution in [0.1, 0.15) is 54.7 Å². The summed E-state index contributed by atoms with van der Waals surface area (Å²) in [6, 6.07) is 6.41. The minimum Gasteiger partial charge on any atom is -0.348 e. The minimum atomic E-state index is -0.288. The van der Waals surface area contributed by atoms with Crippen molar-refractivity contribution < 1.29 is 9.18 Å². The van der Waals surface area contributed by atoms with Gasteiger partial charge in [0, 0.05) is 6.04 Å². The van der Waals surface area contributed by atoms with Gasteiger partial charge in [-0.2, -0.15) is 0 Å². The molecule has 1 fully saturated rings. The highest BCUT2D eigenvalue weighted by Gasteiger charge is 2.20. The van der Waals surface area contributed by atoms with Gasteiger partial charge in [0.25, 0.3) is 5.91 Å². The van der Waals surface area contributed by atoms with Gasteiger partial charge >= 0.3 is 0 Å². The molecule has 1 aromatic heterocycles. The fraction of sp³-hybridized carbons (Fsp3) is 0.438. The molecule has 1 aliphatic rings. The maximum atomic E-state index is 13.3. The van der Waals surface area contributed by atoms with Crippen molar-refractivity contribution in [2.75, 3.05) is 0 Å². The minimum absolute atomic E-state index is 0.184. The van der Waals surface area contributed by atoms with Crippen LogP contribution in [0.5, 0.6) is 0 Å². The van der Waals surface area contributed by atoms with Gasteiger partial charge in [-0.1, -0.05) is 30.2 Å². The molecule has 5 nitrogen and oxygen atoms in total. The first-order chi connectivity index (χ1) is 10.6. The molecular weight excluding hydrogens is 283 g/mol. The second-order valence-electron chi connectivity index (χ2n) is 5.77. The number of nitrogens with zero attached hydrogens (tertiary/aromatic N) is 3. The van der Waals surface area contributed by atoms with E-state index in [4.69, 9.17) is 0 Å². The molecule has 116 valence electrons. The van der Waals surface area contributed by atoms with E-state index in [9.17, 15) is 9.18 Å². The van der Waals surface area contributed by atoms with Crippen molar-refractivity contribution in [2.45, 2.75) is 44.7 Å². The molecule has 0 aliphatic heterocycles. The lowest BCUT2D eigenvalue weighted by Crippen LogP contribution is -2.32. The zero-order chi connectivity index (χ0) is 15.5. The molecule has 0 saturated heterocycles. The van der Waals surface area contributed by atoms with Crippen molar-refractivity contribution in [1.29, 1.82) is 0 Å². The summed E-state index contributed by atoms with van der Waals surface area (Å²) in [4.78, 5) is 12.1. The summed E-state index contributed by atoms with van der Waals surface area (Å²) in [5.41, 5.74) is 1.09. The molecular formula is C16H19FN4O. The highest BCUT2D eigenvalue weighted by Crippen LogP contribution is 2.19. The van der Waals surface area contributed by atoms with Crippen LogP contribution in [0.2, 0.25) is 0 Å². The van der Waals surface area contributed by atoms with E-state index in [2.05, 4.69) is 15.6 Å². The monoisotopic (exact) mass is 302 g/mol. The molecule has 1 aromatic carbocycles. The lowest BCUT2D eigenvalue weighted by molar-refractivity contribution is 0.0932. The van der Waals surface area contributed by atoms with Crippen molar-refractivity contribution in [3.63, 3.8) is 0 Å². The van der Waals surface area contributed by atoms with Gasteiger partial charge in [-0.25, -0.2) is 9.07 Å². The van der Waals surface area contributed by atoms with Crippen molar-refractivity contribution >= 4 is 5.91 Å². The summed E-state index contributed by atoms with van der Waals surface area (Å²) in [6.45, 7) is 1.89. The smallest absolute Gasteiger partial charge is 0.273 e. The average Bonchev–Trinajstić information content (AvgIpc) is 3.17.